The van der Waals surface area contributed by atoms with E-state index in [1.807, 2.05) is 29.1 Å². The van der Waals surface area contributed by atoms with Crippen molar-refractivity contribution in [2.24, 2.45) is 0 Å². The zero-order valence-electron chi connectivity index (χ0n) is 14.2. The minimum absolute atomic E-state index is 0.0246. The first-order valence-electron chi connectivity index (χ1n) is 8.62. The van der Waals surface area contributed by atoms with Gasteiger partial charge in [-0.05, 0) is 30.9 Å². The van der Waals surface area contributed by atoms with E-state index >= 15 is 0 Å². The summed E-state index contributed by atoms with van der Waals surface area (Å²) in [5.74, 6) is -0.120. The molecule has 0 saturated carbocycles. The van der Waals surface area contributed by atoms with Gasteiger partial charge in [0.2, 0.25) is 0 Å². The molecule has 0 saturated heterocycles. The van der Waals surface area contributed by atoms with Crippen LogP contribution in [-0.2, 0) is 13.0 Å². The van der Waals surface area contributed by atoms with Gasteiger partial charge in [-0.1, -0.05) is 30.3 Å². The molecule has 1 unspecified atom stereocenters. The van der Waals surface area contributed by atoms with Crippen LogP contribution in [0.1, 0.15) is 50.9 Å². The first-order chi connectivity index (χ1) is 12.7. The molecule has 1 atom stereocenters. The Balaban J connectivity index is 1.52. The molecule has 130 valence electrons. The zero-order valence-corrected chi connectivity index (χ0v) is 15.0. The highest BCUT2D eigenvalue weighted by Crippen LogP contribution is 2.30. The normalized spacial score (nSPS) is 15.9. The van der Waals surface area contributed by atoms with E-state index in [1.54, 1.807) is 11.4 Å². The Hall–Kier alpha value is -2.91. The smallest absolute Gasteiger partial charge is 0.261 e. The van der Waals surface area contributed by atoms with E-state index in [-0.39, 0.29) is 11.9 Å². The van der Waals surface area contributed by atoms with Crippen LogP contribution in [0.3, 0.4) is 0 Å². The molecule has 2 aromatic heterocycles. The molecule has 0 fully saturated rings. The highest BCUT2D eigenvalue weighted by Gasteiger charge is 2.26. The molecule has 0 spiro atoms. The SMILES string of the molecule is N#Cc1csc(C(=O)NC2CCCc3c2cnn3Cc2ccccc2)c1. The number of hydrogen-bond acceptors (Lipinski definition) is 4. The molecule has 5 nitrogen and oxygen atoms in total. The predicted octanol–water partition coefficient (Wildman–Crippen LogP) is 3.67. The summed E-state index contributed by atoms with van der Waals surface area (Å²) < 4.78 is 2.04. The maximum atomic E-state index is 12.5. The molecule has 3 aromatic rings. The molecule has 1 aromatic carbocycles. The minimum atomic E-state index is -0.120. The van der Waals surface area contributed by atoms with E-state index in [0.717, 1.165) is 31.4 Å². The summed E-state index contributed by atoms with van der Waals surface area (Å²) in [6, 6.07) is 14.0. The van der Waals surface area contributed by atoms with Gasteiger partial charge in [0.05, 0.1) is 29.2 Å². The molecule has 1 N–H and O–H groups in total. The van der Waals surface area contributed by atoms with Gasteiger partial charge in [-0.2, -0.15) is 10.4 Å². The number of nitriles is 1. The van der Waals surface area contributed by atoms with Crippen LogP contribution >= 0.6 is 11.3 Å². The largest absolute Gasteiger partial charge is 0.344 e. The molecule has 2 heterocycles. The Morgan fingerprint density at radius 3 is 3.00 bits per heavy atom. The Kier molecular flexibility index (Phi) is 4.55. The van der Waals surface area contributed by atoms with Gasteiger partial charge in [0.1, 0.15) is 6.07 Å². The molecule has 0 bridgehead atoms. The number of rotatable bonds is 4. The van der Waals surface area contributed by atoms with E-state index in [4.69, 9.17) is 5.26 Å². The Bertz CT molecular complexity index is 967. The highest BCUT2D eigenvalue weighted by atomic mass is 32.1. The van der Waals surface area contributed by atoms with Crippen LogP contribution in [0.2, 0.25) is 0 Å². The van der Waals surface area contributed by atoms with Gasteiger partial charge in [0.25, 0.3) is 5.91 Å². The number of thiophene rings is 1. The third-order valence-electron chi connectivity index (χ3n) is 4.70. The quantitative estimate of drug-likeness (QED) is 0.770. The number of carbonyl (C=O) groups is 1. The average Bonchev–Trinajstić information content (AvgIpc) is 3.31. The van der Waals surface area contributed by atoms with Crippen LogP contribution in [0.15, 0.2) is 48.0 Å². The molecule has 0 radical (unpaired) electrons. The van der Waals surface area contributed by atoms with Crippen LogP contribution in [-0.4, -0.2) is 15.7 Å². The molecule has 1 amide bonds. The maximum Gasteiger partial charge on any atom is 0.261 e. The molecule has 4 rings (SSSR count). The second-order valence-electron chi connectivity index (χ2n) is 6.42. The van der Waals surface area contributed by atoms with Crippen molar-refractivity contribution in [2.75, 3.05) is 0 Å². The van der Waals surface area contributed by atoms with Crippen molar-refractivity contribution >= 4 is 17.2 Å². The minimum Gasteiger partial charge on any atom is -0.344 e. The van der Waals surface area contributed by atoms with Crippen molar-refractivity contribution < 1.29 is 4.79 Å². The van der Waals surface area contributed by atoms with Gasteiger partial charge in [-0.3, -0.25) is 9.48 Å². The second kappa shape index (κ2) is 7.14. The topological polar surface area (TPSA) is 70.7 Å². The number of fused-ring (bicyclic) bond motifs is 1. The van der Waals surface area contributed by atoms with Crippen molar-refractivity contribution in [3.63, 3.8) is 0 Å². The van der Waals surface area contributed by atoms with Crippen molar-refractivity contribution in [1.29, 1.82) is 5.26 Å². The fourth-order valence-corrected chi connectivity index (χ4v) is 4.14. The van der Waals surface area contributed by atoms with E-state index in [9.17, 15) is 4.79 Å². The number of hydrogen-bond donors (Lipinski definition) is 1. The monoisotopic (exact) mass is 362 g/mol. The zero-order chi connectivity index (χ0) is 17.9. The number of nitrogens with one attached hydrogen (secondary N) is 1. The first kappa shape index (κ1) is 16.6. The van der Waals surface area contributed by atoms with Crippen LogP contribution in [0.25, 0.3) is 0 Å². The summed E-state index contributed by atoms with van der Waals surface area (Å²) in [6.45, 7) is 0.743. The van der Waals surface area contributed by atoms with Crippen molar-refractivity contribution in [3.8, 4) is 6.07 Å². The summed E-state index contributed by atoms with van der Waals surface area (Å²) in [5.41, 5.74) is 4.05. The molecule has 1 aliphatic rings. The molecular weight excluding hydrogens is 344 g/mol. The van der Waals surface area contributed by atoms with Gasteiger partial charge in [0, 0.05) is 16.6 Å². The van der Waals surface area contributed by atoms with Gasteiger partial charge >= 0.3 is 0 Å². The lowest BCUT2D eigenvalue weighted by molar-refractivity contribution is 0.0936. The molecule has 1 aliphatic carbocycles. The van der Waals surface area contributed by atoms with Crippen LogP contribution in [0.4, 0.5) is 0 Å². The molecule has 26 heavy (non-hydrogen) atoms. The fraction of sp³-hybridized carbons (Fsp3) is 0.250. The summed E-state index contributed by atoms with van der Waals surface area (Å²) in [7, 11) is 0. The fourth-order valence-electron chi connectivity index (χ4n) is 3.40. The van der Waals surface area contributed by atoms with Crippen LogP contribution < -0.4 is 5.32 Å². The number of aromatic nitrogens is 2. The average molecular weight is 362 g/mol. The van der Waals surface area contributed by atoms with Gasteiger partial charge < -0.3 is 5.32 Å². The molecule has 6 heteroatoms. The Morgan fingerprint density at radius 1 is 1.38 bits per heavy atom. The summed E-state index contributed by atoms with van der Waals surface area (Å²) in [5, 5.41) is 18.3. The number of amides is 1. The summed E-state index contributed by atoms with van der Waals surface area (Å²) in [4.78, 5) is 13.1. The number of nitrogens with zero attached hydrogens (tertiary/aromatic N) is 3. The van der Waals surface area contributed by atoms with E-state index in [2.05, 4.69) is 28.6 Å². The third-order valence-corrected chi connectivity index (χ3v) is 5.62. The van der Waals surface area contributed by atoms with Gasteiger partial charge in [-0.25, -0.2) is 0 Å². The van der Waals surface area contributed by atoms with Crippen molar-refractivity contribution in [3.05, 3.63) is 75.2 Å². The van der Waals surface area contributed by atoms with Crippen LogP contribution in [0, 0.1) is 11.3 Å². The lowest BCUT2D eigenvalue weighted by Crippen LogP contribution is -2.30. The van der Waals surface area contributed by atoms with Crippen LogP contribution in [0.5, 0.6) is 0 Å². The number of carbonyl (C=O) groups excluding carboxylic acids is 1. The van der Waals surface area contributed by atoms with Crippen molar-refractivity contribution in [1.82, 2.24) is 15.1 Å². The summed E-state index contributed by atoms with van der Waals surface area (Å²) >= 11 is 1.30. The first-order valence-corrected chi connectivity index (χ1v) is 9.50. The van der Waals surface area contributed by atoms with Gasteiger partial charge in [0.15, 0.2) is 0 Å². The maximum absolute atomic E-state index is 12.5. The lowest BCUT2D eigenvalue weighted by atomic mass is 9.93. The van der Waals surface area contributed by atoms with E-state index in [1.165, 1.54) is 22.6 Å². The summed E-state index contributed by atoms with van der Waals surface area (Å²) in [6.07, 6.45) is 4.79. The highest BCUT2D eigenvalue weighted by molar-refractivity contribution is 7.12. The number of benzene rings is 1. The van der Waals surface area contributed by atoms with E-state index in [0.29, 0.717) is 10.4 Å². The standard InChI is InChI=1S/C20H18N4OS/c21-10-15-9-19(26-13-15)20(25)23-17-7-4-8-18-16(17)11-22-24(18)12-14-5-2-1-3-6-14/h1-3,5-6,9,11,13,17H,4,7-8,12H2,(H,23,25). The van der Waals surface area contributed by atoms with Gasteiger partial charge in [-0.15, -0.1) is 11.3 Å². The predicted molar refractivity (Wildman–Crippen MR) is 100.0 cm³/mol. The van der Waals surface area contributed by atoms with E-state index < -0.39 is 0 Å². The lowest BCUT2D eigenvalue weighted by Gasteiger charge is -2.24. The Morgan fingerprint density at radius 2 is 2.23 bits per heavy atom. The third kappa shape index (κ3) is 3.26. The van der Waals surface area contributed by atoms with Crippen molar-refractivity contribution in [2.45, 2.75) is 31.8 Å². The molecule has 0 aliphatic heterocycles. The second-order valence-corrected chi connectivity index (χ2v) is 7.33. The Labute approximate surface area is 155 Å². The molecular formula is C20H18N4OS.